The zero-order valence-corrected chi connectivity index (χ0v) is 21.3. The van der Waals surface area contributed by atoms with Gasteiger partial charge in [0.05, 0.1) is 17.5 Å². The molecular formula is C30H30FN3OS. The van der Waals surface area contributed by atoms with Gasteiger partial charge in [-0.2, -0.15) is 5.10 Å². The number of benzene rings is 3. The summed E-state index contributed by atoms with van der Waals surface area (Å²) >= 11 is 1.59. The van der Waals surface area contributed by atoms with Crippen LogP contribution in [0.25, 0.3) is 0 Å². The van der Waals surface area contributed by atoms with Crippen LogP contribution in [-0.2, 0) is 10.5 Å². The lowest BCUT2D eigenvalue weighted by Crippen LogP contribution is -2.29. The zero-order valence-electron chi connectivity index (χ0n) is 20.5. The Morgan fingerprint density at radius 1 is 1.14 bits per heavy atom. The molecule has 2 aliphatic rings. The van der Waals surface area contributed by atoms with Crippen LogP contribution in [0.15, 0.2) is 84.0 Å². The average molecular weight is 500 g/mol. The summed E-state index contributed by atoms with van der Waals surface area (Å²) in [7, 11) is 0. The summed E-state index contributed by atoms with van der Waals surface area (Å²) < 4.78 is 13.5. The quantitative estimate of drug-likeness (QED) is 0.215. The molecule has 3 atom stereocenters. The number of carbonyl (C=O) groups is 1. The Morgan fingerprint density at radius 3 is 2.75 bits per heavy atom. The Hall–Kier alpha value is -3.38. The normalized spacial score (nSPS) is 20.4. The molecule has 0 spiro atoms. The number of thioether (sulfide) groups is 1. The van der Waals surface area contributed by atoms with Gasteiger partial charge < -0.3 is 5.32 Å². The summed E-state index contributed by atoms with van der Waals surface area (Å²) in [4.78, 5) is 12.3. The van der Waals surface area contributed by atoms with E-state index in [9.17, 15) is 9.18 Å². The Kier molecular flexibility index (Phi) is 7.23. The number of fused-ring (bicyclic) bond motifs is 3. The molecule has 0 unspecified atom stereocenters. The van der Waals surface area contributed by atoms with Crippen LogP contribution in [0.5, 0.6) is 0 Å². The predicted molar refractivity (Wildman–Crippen MR) is 147 cm³/mol. The number of hydrazone groups is 1. The summed E-state index contributed by atoms with van der Waals surface area (Å²) in [6, 6.07) is 21.5. The first-order valence-electron chi connectivity index (χ1n) is 12.3. The Balaban J connectivity index is 1.24. The van der Waals surface area contributed by atoms with Gasteiger partial charge in [0.15, 0.2) is 0 Å². The summed E-state index contributed by atoms with van der Waals surface area (Å²) in [6.45, 7) is 4.01. The maximum Gasteiger partial charge on any atom is 0.250 e. The van der Waals surface area contributed by atoms with Crippen molar-refractivity contribution in [2.45, 2.75) is 38.0 Å². The lowest BCUT2D eigenvalue weighted by atomic mass is 9.76. The van der Waals surface area contributed by atoms with E-state index in [0.717, 1.165) is 34.7 Å². The number of nitrogens with zero attached hydrogens (tertiary/aromatic N) is 1. The molecule has 0 radical (unpaired) electrons. The third-order valence-electron chi connectivity index (χ3n) is 7.11. The van der Waals surface area contributed by atoms with E-state index in [2.05, 4.69) is 59.2 Å². The first-order chi connectivity index (χ1) is 17.5. The van der Waals surface area contributed by atoms with Crippen LogP contribution in [0, 0.1) is 18.7 Å². The van der Waals surface area contributed by atoms with Crippen LogP contribution in [-0.4, -0.2) is 17.4 Å². The second-order valence-corrected chi connectivity index (χ2v) is 10.5. The van der Waals surface area contributed by atoms with Gasteiger partial charge in [-0.15, -0.1) is 11.8 Å². The number of allylic oxidation sites excluding steroid dienone is 2. The number of anilines is 1. The van der Waals surface area contributed by atoms with E-state index in [1.807, 2.05) is 37.3 Å². The number of halogens is 1. The van der Waals surface area contributed by atoms with Crippen LogP contribution in [0.4, 0.5) is 10.1 Å². The number of hydrogen-bond acceptors (Lipinski definition) is 4. The maximum atomic E-state index is 13.5. The Morgan fingerprint density at radius 2 is 1.94 bits per heavy atom. The van der Waals surface area contributed by atoms with Gasteiger partial charge in [0.1, 0.15) is 5.82 Å². The number of hydrogen-bond donors (Lipinski definition) is 2. The van der Waals surface area contributed by atoms with Crippen LogP contribution in [0.2, 0.25) is 0 Å². The minimum atomic E-state index is -0.215. The molecule has 6 heteroatoms. The fourth-order valence-electron chi connectivity index (χ4n) is 5.09. The van der Waals surface area contributed by atoms with Gasteiger partial charge in [-0.3, -0.25) is 4.79 Å². The smallest absolute Gasteiger partial charge is 0.250 e. The van der Waals surface area contributed by atoms with E-state index in [1.54, 1.807) is 11.8 Å². The van der Waals surface area contributed by atoms with E-state index in [0.29, 0.717) is 11.7 Å². The highest BCUT2D eigenvalue weighted by Crippen LogP contribution is 2.49. The molecule has 1 aliphatic heterocycles. The van der Waals surface area contributed by atoms with Gasteiger partial charge in [-0.1, -0.05) is 54.6 Å². The number of carbonyl (C=O) groups excluding carboxylic acids is 1. The largest absolute Gasteiger partial charge is 0.378 e. The number of amides is 1. The van der Waals surface area contributed by atoms with Crippen molar-refractivity contribution in [3.05, 3.63) is 113 Å². The Bertz CT molecular complexity index is 1320. The number of nitrogens with one attached hydrogen (secondary N) is 2. The van der Waals surface area contributed by atoms with Crippen LogP contribution in [0.3, 0.4) is 0 Å². The number of aryl methyl sites for hydroxylation is 1. The van der Waals surface area contributed by atoms with Crippen molar-refractivity contribution >= 4 is 29.1 Å². The summed E-state index contributed by atoms with van der Waals surface area (Å²) in [6.07, 6.45) is 5.50. The highest BCUT2D eigenvalue weighted by Gasteiger charge is 2.38. The molecule has 0 aromatic heterocycles. The number of rotatable bonds is 7. The predicted octanol–water partition coefficient (Wildman–Crippen LogP) is 6.73. The van der Waals surface area contributed by atoms with E-state index >= 15 is 0 Å². The maximum absolute atomic E-state index is 13.5. The first kappa shape index (κ1) is 24.3. The highest BCUT2D eigenvalue weighted by atomic mass is 32.2. The molecule has 2 N–H and O–H groups in total. The van der Waals surface area contributed by atoms with Crippen LogP contribution >= 0.6 is 11.8 Å². The fraction of sp³-hybridized carbons (Fsp3) is 0.267. The molecule has 5 rings (SSSR count). The molecule has 0 bridgehead atoms. The molecule has 184 valence electrons. The van der Waals surface area contributed by atoms with Gasteiger partial charge in [0.2, 0.25) is 5.91 Å². The topological polar surface area (TPSA) is 53.5 Å². The molecule has 1 heterocycles. The van der Waals surface area contributed by atoms with Gasteiger partial charge in [-0.25, -0.2) is 9.82 Å². The van der Waals surface area contributed by atoms with Gasteiger partial charge in [0, 0.05) is 17.4 Å². The molecule has 3 aromatic rings. The SMILES string of the molecule is C/C(=N/NC(=O)CSCc1ccccc1C)c1ccc2c(c1)[C@@H]1C=CC[C@@H]1[C@H](c1ccc(F)cc1)N2. The molecule has 36 heavy (non-hydrogen) atoms. The molecular weight excluding hydrogens is 469 g/mol. The van der Waals surface area contributed by atoms with Crippen molar-refractivity contribution in [1.82, 2.24) is 5.43 Å². The van der Waals surface area contributed by atoms with E-state index < -0.39 is 0 Å². The van der Waals surface area contributed by atoms with Crippen molar-refractivity contribution in [1.29, 1.82) is 0 Å². The van der Waals surface area contributed by atoms with Crippen molar-refractivity contribution in [3.63, 3.8) is 0 Å². The van der Waals surface area contributed by atoms with Crippen molar-refractivity contribution in [2.24, 2.45) is 11.0 Å². The molecule has 1 aliphatic carbocycles. The second-order valence-electron chi connectivity index (χ2n) is 9.48. The van der Waals surface area contributed by atoms with Crippen molar-refractivity contribution in [2.75, 3.05) is 11.1 Å². The highest BCUT2D eigenvalue weighted by molar-refractivity contribution is 7.99. The zero-order chi connectivity index (χ0) is 25.1. The van der Waals surface area contributed by atoms with Crippen LogP contribution < -0.4 is 10.7 Å². The average Bonchev–Trinajstić information content (AvgIpc) is 3.39. The van der Waals surface area contributed by atoms with Crippen molar-refractivity contribution in [3.8, 4) is 0 Å². The van der Waals surface area contributed by atoms with Crippen molar-refractivity contribution < 1.29 is 9.18 Å². The molecule has 0 saturated carbocycles. The minimum absolute atomic E-state index is 0.103. The molecule has 3 aromatic carbocycles. The minimum Gasteiger partial charge on any atom is -0.378 e. The van der Waals surface area contributed by atoms with Crippen LogP contribution in [0.1, 0.15) is 53.1 Å². The Labute approximate surface area is 216 Å². The molecule has 0 saturated heterocycles. The van der Waals surface area contributed by atoms with Gasteiger partial charge >= 0.3 is 0 Å². The first-order valence-corrected chi connectivity index (χ1v) is 13.4. The van der Waals surface area contributed by atoms with Gasteiger partial charge in [-0.05, 0) is 78.3 Å². The molecule has 4 nitrogen and oxygen atoms in total. The molecule has 0 fully saturated rings. The summed E-state index contributed by atoms with van der Waals surface area (Å²) in [5, 5.41) is 8.06. The fourth-order valence-corrected chi connectivity index (χ4v) is 5.98. The summed E-state index contributed by atoms with van der Waals surface area (Å²) in [5.41, 5.74) is 10.4. The lowest BCUT2D eigenvalue weighted by molar-refractivity contribution is -0.118. The molecule has 1 amide bonds. The van der Waals surface area contributed by atoms with E-state index in [4.69, 9.17) is 0 Å². The van der Waals surface area contributed by atoms with E-state index in [1.165, 1.54) is 28.8 Å². The third-order valence-corrected chi connectivity index (χ3v) is 8.09. The summed E-state index contributed by atoms with van der Waals surface area (Å²) in [5.74, 6) is 1.51. The monoisotopic (exact) mass is 499 g/mol. The lowest BCUT2D eigenvalue weighted by Gasteiger charge is -2.37. The van der Waals surface area contributed by atoms with Gasteiger partial charge in [0.25, 0.3) is 0 Å². The third kappa shape index (κ3) is 5.24. The van der Waals surface area contributed by atoms with E-state index in [-0.39, 0.29) is 23.7 Å². The second kappa shape index (κ2) is 10.7. The standard InChI is InChI=1S/C30H30FN3OS/c1-19-6-3-4-7-23(19)17-36-18-29(35)34-33-20(2)22-12-15-28-27(16-22)25-8-5-9-26(25)30(32-28)21-10-13-24(31)14-11-21/h3-8,10-16,25-26,30,32H,9,17-18H2,1-2H3,(H,34,35)/b33-20-/t25-,26+,30+/m1/s1.